The summed E-state index contributed by atoms with van der Waals surface area (Å²) < 4.78 is 0. The van der Waals surface area contributed by atoms with Gasteiger partial charge in [0.05, 0.1) is 16.7 Å². The van der Waals surface area contributed by atoms with Crippen LogP contribution in [-0.2, 0) is 16.0 Å². The van der Waals surface area contributed by atoms with Crippen molar-refractivity contribution in [3.05, 3.63) is 64.2 Å². The van der Waals surface area contributed by atoms with Gasteiger partial charge in [-0.05, 0) is 53.9 Å². The number of rotatable bonds is 2. The summed E-state index contributed by atoms with van der Waals surface area (Å²) in [4.78, 5) is 55.8. The Morgan fingerprint density at radius 3 is 2.44 bits per heavy atom. The van der Waals surface area contributed by atoms with Crippen LogP contribution in [0.3, 0.4) is 0 Å². The predicted molar refractivity (Wildman–Crippen MR) is 132 cm³/mol. The Bertz CT molecular complexity index is 1340. The van der Waals surface area contributed by atoms with Crippen molar-refractivity contribution in [3.63, 3.8) is 0 Å². The van der Waals surface area contributed by atoms with E-state index in [0.717, 1.165) is 29.8 Å². The molecule has 4 unspecified atom stereocenters. The van der Waals surface area contributed by atoms with Crippen LogP contribution in [0.15, 0.2) is 48.5 Å². The van der Waals surface area contributed by atoms with E-state index in [1.54, 1.807) is 36.4 Å². The molecule has 2 saturated heterocycles. The lowest BCUT2D eigenvalue weighted by Crippen LogP contribution is -2.73. The summed E-state index contributed by atoms with van der Waals surface area (Å²) in [6.45, 7) is 6.57. The average molecular weight is 489 g/mol. The van der Waals surface area contributed by atoms with Gasteiger partial charge in [0.15, 0.2) is 5.41 Å². The molecule has 4 amide bonds. The third kappa shape index (κ3) is 2.91. The van der Waals surface area contributed by atoms with Crippen LogP contribution < -0.4 is 15.1 Å². The van der Waals surface area contributed by atoms with E-state index in [1.807, 2.05) is 0 Å². The monoisotopic (exact) mass is 488 g/mol. The van der Waals surface area contributed by atoms with Crippen molar-refractivity contribution in [2.45, 2.75) is 58.5 Å². The number of nitrogens with one attached hydrogen (secondary N) is 1. The van der Waals surface area contributed by atoms with Gasteiger partial charge in [0.2, 0.25) is 5.91 Å². The molecule has 4 atom stereocenters. The summed E-state index contributed by atoms with van der Waals surface area (Å²) in [5.41, 5.74) is -0.269. The molecular weight excluding hydrogens is 460 g/mol. The Morgan fingerprint density at radius 2 is 1.75 bits per heavy atom. The van der Waals surface area contributed by atoms with Crippen molar-refractivity contribution >= 4 is 34.9 Å². The molecule has 0 radical (unpaired) electrons. The molecule has 2 bridgehead atoms. The van der Waals surface area contributed by atoms with E-state index >= 15 is 0 Å². The zero-order chi connectivity index (χ0) is 25.6. The van der Waals surface area contributed by atoms with Crippen molar-refractivity contribution in [3.8, 4) is 0 Å². The number of imide groups is 2. The van der Waals surface area contributed by atoms with E-state index in [1.165, 1.54) is 12.1 Å². The SMILES string of the molecule is CC1(C)CC2CC(C)(C1)C1N2c2ccc([N+](=O)[O-])cc2CC12C(=O)NC(=O)N(c1ccccc1)C2=O. The standard InChI is InChI=1S/C27H28N4O5/c1-25(2)13-19-14-26(3,15-25)21-27(12-16-11-18(31(35)36)9-10-20(16)29(19)21)22(32)28-24(34)30(23(27)33)17-7-5-4-6-8-17/h4-11,19,21H,12-15H2,1-3H3,(H,28,32,34). The van der Waals surface area contributed by atoms with E-state index in [4.69, 9.17) is 0 Å². The fraction of sp³-hybridized carbons (Fsp3) is 0.444. The normalized spacial score (nSPS) is 32.2. The number of hydrogen-bond donors (Lipinski definition) is 1. The first-order valence-corrected chi connectivity index (χ1v) is 12.3. The lowest BCUT2D eigenvalue weighted by Gasteiger charge is -2.53. The second-order valence-corrected chi connectivity index (χ2v) is 11.8. The third-order valence-electron chi connectivity index (χ3n) is 8.62. The molecule has 3 heterocycles. The molecule has 2 aromatic carbocycles. The summed E-state index contributed by atoms with van der Waals surface area (Å²) in [6.07, 6.45) is 2.50. The van der Waals surface area contributed by atoms with E-state index in [9.17, 15) is 24.5 Å². The first-order valence-electron chi connectivity index (χ1n) is 12.3. The van der Waals surface area contributed by atoms with Crippen LogP contribution in [0.1, 0.15) is 45.6 Å². The molecule has 9 heteroatoms. The number of hydrogen-bond acceptors (Lipinski definition) is 6. The van der Waals surface area contributed by atoms with Gasteiger partial charge in [0.1, 0.15) is 0 Å². The highest BCUT2D eigenvalue weighted by Crippen LogP contribution is 2.64. The summed E-state index contributed by atoms with van der Waals surface area (Å²) >= 11 is 0. The molecule has 3 fully saturated rings. The molecule has 1 aliphatic carbocycles. The molecule has 3 aliphatic heterocycles. The number of urea groups is 1. The number of anilines is 2. The number of benzene rings is 2. The van der Waals surface area contributed by atoms with Crippen molar-refractivity contribution in [1.29, 1.82) is 0 Å². The summed E-state index contributed by atoms with van der Waals surface area (Å²) in [5.74, 6) is -1.19. The molecule has 186 valence electrons. The zero-order valence-electron chi connectivity index (χ0n) is 20.5. The number of fused-ring (bicyclic) bond motifs is 8. The lowest BCUT2D eigenvalue weighted by atomic mass is 9.56. The molecule has 0 aromatic heterocycles. The molecule has 2 aromatic rings. The van der Waals surface area contributed by atoms with Crippen molar-refractivity contribution in [1.82, 2.24) is 5.32 Å². The third-order valence-corrected chi connectivity index (χ3v) is 8.62. The summed E-state index contributed by atoms with van der Waals surface area (Å²) in [7, 11) is 0. The van der Waals surface area contributed by atoms with Gasteiger partial charge < -0.3 is 4.90 Å². The Morgan fingerprint density at radius 1 is 1.03 bits per heavy atom. The van der Waals surface area contributed by atoms with Crippen LogP contribution in [0.2, 0.25) is 0 Å². The van der Waals surface area contributed by atoms with Gasteiger partial charge >= 0.3 is 6.03 Å². The maximum atomic E-state index is 14.5. The first-order chi connectivity index (χ1) is 17.0. The van der Waals surface area contributed by atoms with Gasteiger partial charge in [-0.2, -0.15) is 0 Å². The number of para-hydroxylation sites is 1. The van der Waals surface area contributed by atoms with E-state index in [2.05, 4.69) is 31.0 Å². The van der Waals surface area contributed by atoms with E-state index < -0.39 is 34.2 Å². The average Bonchev–Trinajstić information content (AvgIpc) is 3.03. The summed E-state index contributed by atoms with van der Waals surface area (Å²) in [5, 5.41) is 14.1. The second-order valence-electron chi connectivity index (χ2n) is 11.8. The lowest BCUT2D eigenvalue weighted by molar-refractivity contribution is -0.384. The number of nitro groups is 1. The number of nitrogens with zero attached hydrogens (tertiary/aromatic N) is 3. The largest absolute Gasteiger partial charge is 0.363 e. The van der Waals surface area contributed by atoms with Crippen LogP contribution in [0.25, 0.3) is 0 Å². The first kappa shape index (κ1) is 22.7. The van der Waals surface area contributed by atoms with Gasteiger partial charge in [-0.25, -0.2) is 9.69 Å². The maximum absolute atomic E-state index is 14.5. The number of nitro benzene ring substituents is 1. The van der Waals surface area contributed by atoms with E-state index in [0.29, 0.717) is 11.3 Å². The van der Waals surface area contributed by atoms with Gasteiger partial charge in [-0.15, -0.1) is 0 Å². The molecule has 6 rings (SSSR count). The highest BCUT2D eigenvalue weighted by Gasteiger charge is 2.71. The second kappa shape index (κ2) is 7.15. The number of carbonyl (C=O) groups is 3. The Hall–Kier alpha value is -3.75. The number of amides is 4. The number of carbonyl (C=O) groups excluding carboxylic acids is 3. The van der Waals surface area contributed by atoms with Crippen molar-refractivity contribution < 1.29 is 19.3 Å². The molecular formula is C27H28N4O5. The highest BCUT2D eigenvalue weighted by molar-refractivity contribution is 6.30. The van der Waals surface area contributed by atoms with Gasteiger partial charge in [0, 0.05) is 30.3 Å². The Balaban J connectivity index is 1.60. The molecule has 1 saturated carbocycles. The minimum atomic E-state index is -1.60. The van der Waals surface area contributed by atoms with Gasteiger partial charge in [-0.3, -0.25) is 25.0 Å². The predicted octanol–water partition coefficient (Wildman–Crippen LogP) is 4.19. The Labute approximate surface area is 208 Å². The minimum absolute atomic E-state index is 0.00476. The molecule has 1 N–H and O–H groups in total. The van der Waals surface area contributed by atoms with Crippen LogP contribution in [-0.4, -0.2) is 34.9 Å². The molecule has 36 heavy (non-hydrogen) atoms. The molecule has 4 aliphatic rings. The number of barbiturate groups is 1. The zero-order valence-corrected chi connectivity index (χ0v) is 20.5. The van der Waals surface area contributed by atoms with Crippen LogP contribution >= 0.6 is 0 Å². The van der Waals surface area contributed by atoms with Crippen LogP contribution in [0.5, 0.6) is 0 Å². The van der Waals surface area contributed by atoms with Gasteiger partial charge in [-0.1, -0.05) is 39.0 Å². The topological polar surface area (TPSA) is 113 Å². The number of non-ortho nitro benzene ring substituents is 1. The van der Waals surface area contributed by atoms with Gasteiger partial charge in [0.25, 0.3) is 11.6 Å². The van der Waals surface area contributed by atoms with Crippen LogP contribution in [0.4, 0.5) is 21.9 Å². The minimum Gasteiger partial charge on any atom is -0.363 e. The Kier molecular flexibility index (Phi) is 4.51. The molecule has 1 spiro atoms. The quantitative estimate of drug-likeness (QED) is 0.385. The summed E-state index contributed by atoms with van der Waals surface area (Å²) in [6, 6.07) is 12.1. The van der Waals surface area contributed by atoms with Crippen LogP contribution in [0, 0.1) is 26.4 Å². The fourth-order valence-corrected chi connectivity index (χ4v) is 7.94. The highest BCUT2D eigenvalue weighted by atomic mass is 16.6. The molecule has 9 nitrogen and oxygen atoms in total. The maximum Gasteiger partial charge on any atom is 0.335 e. The van der Waals surface area contributed by atoms with E-state index in [-0.39, 0.29) is 29.0 Å². The van der Waals surface area contributed by atoms with Crippen molar-refractivity contribution in [2.75, 3.05) is 9.80 Å². The fourth-order valence-electron chi connectivity index (χ4n) is 7.94. The van der Waals surface area contributed by atoms with Crippen molar-refractivity contribution in [2.24, 2.45) is 16.2 Å². The smallest absolute Gasteiger partial charge is 0.335 e.